The highest BCUT2D eigenvalue weighted by Gasteiger charge is 1.86. The fraction of sp³-hybridized carbons (Fsp3) is 0. The number of hydrogen-bond donors (Lipinski definition) is 2. The Kier molecular flexibility index (Phi) is 4.69. The van der Waals surface area contributed by atoms with Crippen LogP contribution in [0.1, 0.15) is 0 Å². The van der Waals surface area contributed by atoms with Gasteiger partial charge in [0, 0.05) is 24.1 Å². The van der Waals surface area contributed by atoms with E-state index in [9.17, 15) is 0 Å². The van der Waals surface area contributed by atoms with Crippen molar-refractivity contribution in [2.24, 2.45) is 0 Å². The molecule has 3 rings (SSSR count). The van der Waals surface area contributed by atoms with Gasteiger partial charge < -0.3 is 11.1 Å². The molecular formula is C12H14N4. The summed E-state index contributed by atoms with van der Waals surface area (Å²) < 4.78 is 0. The molecule has 0 fully saturated rings. The molecule has 1 aromatic carbocycles. The Morgan fingerprint density at radius 2 is 1.62 bits per heavy atom. The number of nitrogens with one attached hydrogen (secondary N) is 1. The first-order valence-corrected chi connectivity index (χ1v) is 4.69. The third-order valence-corrected chi connectivity index (χ3v) is 1.94. The minimum Gasteiger partial charge on any atom is -0.361 e. The Hall–Kier alpha value is -2.20. The van der Waals surface area contributed by atoms with Crippen LogP contribution in [0.4, 0.5) is 0 Å². The molecule has 82 valence electrons. The molecule has 4 nitrogen and oxygen atoms in total. The summed E-state index contributed by atoms with van der Waals surface area (Å²) in [6, 6.07) is 12.1. The Balaban J connectivity index is 0.000000162. The van der Waals surface area contributed by atoms with Crippen LogP contribution < -0.4 is 6.15 Å². The van der Waals surface area contributed by atoms with Crippen molar-refractivity contribution in [3.63, 3.8) is 0 Å². The van der Waals surface area contributed by atoms with E-state index < -0.39 is 0 Å². The number of para-hydroxylation sites is 1. The van der Waals surface area contributed by atoms with Crippen molar-refractivity contribution in [2.75, 3.05) is 0 Å². The molecule has 0 aliphatic heterocycles. The summed E-state index contributed by atoms with van der Waals surface area (Å²) in [5, 5.41) is 1.28. The van der Waals surface area contributed by atoms with Crippen molar-refractivity contribution in [2.45, 2.75) is 0 Å². The quantitative estimate of drug-likeness (QED) is 0.604. The predicted molar refractivity (Wildman–Crippen MR) is 65.4 cm³/mol. The van der Waals surface area contributed by atoms with Gasteiger partial charge in [-0.1, -0.05) is 18.2 Å². The van der Waals surface area contributed by atoms with Gasteiger partial charge >= 0.3 is 0 Å². The topological polar surface area (TPSA) is 76.6 Å². The van der Waals surface area contributed by atoms with E-state index in [1.54, 1.807) is 18.5 Å². The highest BCUT2D eigenvalue weighted by Crippen LogP contribution is 2.09. The van der Waals surface area contributed by atoms with Crippen LogP contribution in [0.25, 0.3) is 10.9 Å². The van der Waals surface area contributed by atoms with Crippen LogP contribution in [-0.4, -0.2) is 15.0 Å². The summed E-state index contributed by atoms with van der Waals surface area (Å²) in [6.07, 6.45) is 6.82. The summed E-state index contributed by atoms with van der Waals surface area (Å²) >= 11 is 0. The van der Waals surface area contributed by atoms with Crippen LogP contribution in [0.2, 0.25) is 0 Å². The Labute approximate surface area is 94.0 Å². The molecule has 4 heteroatoms. The normalized spacial score (nSPS) is 8.75. The van der Waals surface area contributed by atoms with E-state index in [1.807, 2.05) is 18.3 Å². The fourth-order valence-corrected chi connectivity index (χ4v) is 1.25. The Bertz CT molecular complexity index is 447. The first-order chi connectivity index (χ1) is 7.47. The molecule has 0 radical (unpaired) electrons. The van der Waals surface area contributed by atoms with Gasteiger partial charge in [-0.05, 0) is 23.6 Å². The first kappa shape index (κ1) is 11.9. The number of H-pyrrole nitrogens is 1. The third kappa shape index (κ3) is 3.18. The van der Waals surface area contributed by atoms with Gasteiger partial charge in [0.1, 0.15) is 6.33 Å². The number of aromatic nitrogens is 3. The molecule has 2 aromatic heterocycles. The summed E-state index contributed by atoms with van der Waals surface area (Å²) in [7, 11) is 0. The molecule has 0 aliphatic rings. The van der Waals surface area contributed by atoms with Crippen LogP contribution >= 0.6 is 0 Å². The molecule has 0 atom stereocenters. The van der Waals surface area contributed by atoms with Gasteiger partial charge in [-0.15, -0.1) is 0 Å². The number of aromatic amines is 1. The third-order valence-electron chi connectivity index (χ3n) is 1.94. The van der Waals surface area contributed by atoms with Gasteiger partial charge in [0.25, 0.3) is 0 Å². The van der Waals surface area contributed by atoms with E-state index in [0.717, 1.165) is 0 Å². The SMILES string of the molecule is N.c1ccc2[nH]ccc2c1.c1cncnc1. The molecular weight excluding hydrogens is 200 g/mol. The second kappa shape index (κ2) is 6.31. The van der Waals surface area contributed by atoms with Crippen molar-refractivity contribution < 1.29 is 0 Å². The lowest BCUT2D eigenvalue weighted by atomic mass is 10.3. The van der Waals surface area contributed by atoms with Gasteiger partial charge in [0.05, 0.1) is 0 Å². The van der Waals surface area contributed by atoms with E-state index in [2.05, 4.69) is 33.2 Å². The van der Waals surface area contributed by atoms with Crippen LogP contribution in [0.3, 0.4) is 0 Å². The van der Waals surface area contributed by atoms with E-state index in [-0.39, 0.29) is 6.15 Å². The highest BCUT2D eigenvalue weighted by atomic mass is 14.8. The molecule has 0 aliphatic carbocycles. The standard InChI is InChI=1S/C8H7N.C4H4N2.H3N/c1-2-4-8-7(3-1)5-6-9-8;1-2-5-4-6-3-1;/h1-6,9H;1-4H;1H3. The number of benzene rings is 1. The minimum absolute atomic E-state index is 0. The largest absolute Gasteiger partial charge is 0.361 e. The fourth-order valence-electron chi connectivity index (χ4n) is 1.25. The highest BCUT2D eigenvalue weighted by molar-refractivity contribution is 5.78. The van der Waals surface area contributed by atoms with Gasteiger partial charge in [-0.25, -0.2) is 9.97 Å². The predicted octanol–water partition coefficient (Wildman–Crippen LogP) is 2.81. The van der Waals surface area contributed by atoms with Crippen molar-refractivity contribution in [3.8, 4) is 0 Å². The maximum Gasteiger partial charge on any atom is 0.115 e. The smallest absolute Gasteiger partial charge is 0.115 e. The number of fused-ring (bicyclic) bond motifs is 1. The van der Waals surface area contributed by atoms with Crippen molar-refractivity contribution in [3.05, 3.63) is 61.3 Å². The second-order valence-corrected chi connectivity index (χ2v) is 2.97. The average Bonchev–Trinajstić information content (AvgIpc) is 2.80. The lowest BCUT2D eigenvalue weighted by molar-refractivity contribution is 1.17. The van der Waals surface area contributed by atoms with Crippen LogP contribution in [0.5, 0.6) is 0 Å². The molecule has 0 spiro atoms. The Morgan fingerprint density at radius 1 is 0.875 bits per heavy atom. The Morgan fingerprint density at radius 3 is 2.19 bits per heavy atom. The molecule has 0 saturated carbocycles. The maximum atomic E-state index is 3.67. The van der Waals surface area contributed by atoms with Gasteiger partial charge in [0.15, 0.2) is 0 Å². The van der Waals surface area contributed by atoms with Crippen LogP contribution in [0.15, 0.2) is 61.3 Å². The zero-order valence-electron chi connectivity index (χ0n) is 8.88. The zero-order chi connectivity index (χ0) is 10.3. The molecule has 0 amide bonds. The average molecular weight is 214 g/mol. The monoisotopic (exact) mass is 214 g/mol. The van der Waals surface area contributed by atoms with E-state index in [0.29, 0.717) is 0 Å². The van der Waals surface area contributed by atoms with E-state index in [1.165, 1.54) is 17.2 Å². The maximum absolute atomic E-state index is 3.67. The molecule has 0 bridgehead atoms. The van der Waals surface area contributed by atoms with Gasteiger partial charge in [-0.2, -0.15) is 0 Å². The number of hydrogen-bond acceptors (Lipinski definition) is 3. The van der Waals surface area contributed by atoms with Crippen LogP contribution in [-0.2, 0) is 0 Å². The van der Waals surface area contributed by atoms with E-state index >= 15 is 0 Å². The van der Waals surface area contributed by atoms with Crippen molar-refractivity contribution in [1.82, 2.24) is 21.1 Å². The molecule has 0 saturated heterocycles. The van der Waals surface area contributed by atoms with Gasteiger partial charge in [0.2, 0.25) is 0 Å². The summed E-state index contributed by atoms with van der Waals surface area (Å²) in [5.41, 5.74) is 1.21. The zero-order valence-corrected chi connectivity index (χ0v) is 8.88. The first-order valence-electron chi connectivity index (χ1n) is 4.69. The molecule has 3 aromatic rings. The summed E-state index contributed by atoms with van der Waals surface area (Å²) in [5.74, 6) is 0. The minimum atomic E-state index is 0. The van der Waals surface area contributed by atoms with Gasteiger partial charge in [-0.3, -0.25) is 0 Å². The lowest BCUT2D eigenvalue weighted by Gasteiger charge is -1.83. The van der Waals surface area contributed by atoms with Crippen molar-refractivity contribution in [1.29, 1.82) is 0 Å². The number of nitrogens with zero attached hydrogens (tertiary/aromatic N) is 2. The second-order valence-electron chi connectivity index (χ2n) is 2.97. The van der Waals surface area contributed by atoms with Crippen molar-refractivity contribution >= 4 is 10.9 Å². The molecule has 0 unspecified atom stereocenters. The lowest BCUT2D eigenvalue weighted by Crippen LogP contribution is -1.66. The van der Waals surface area contributed by atoms with Crippen LogP contribution in [0, 0.1) is 0 Å². The van der Waals surface area contributed by atoms with E-state index in [4.69, 9.17) is 0 Å². The summed E-state index contributed by atoms with van der Waals surface area (Å²) in [6.45, 7) is 0. The summed E-state index contributed by atoms with van der Waals surface area (Å²) in [4.78, 5) is 10.5. The molecule has 2 heterocycles. The molecule has 16 heavy (non-hydrogen) atoms. The number of rotatable bonds is 0. The molecule has 4 N–H and O–H groups in total.